The van der Waals surface area contributed by atoms with Crippen LogP contribution >= 0.6 is 0 Å². The molecule has 1 N–H and O–H groups in total. The van der Waals surface area contributed by atoms with Gasteiger partial charge in [0.1, 0.15) is 11.9 Å². The lowest BCUT2D eigenvalue weighted by Crippen LogP contribution is -2.05. The Morgan fingerprint density at radius 2 is 2.11 bits per heavy atom. The maximum absolute atomic E-state index is 11.1. The van der Waals surface area contributed by atoms with E-state index in [-0.39, 0.29) is 5.56 Å². The van der Waals surface area contributed by atoms with Crippen molar-refractivity contribution in [1.29, 1.82) is 0 Å². The van der Waals surface area contributed by atoms with Crippen molar-refractivity contribution < 1.29 is 9.90 Å². The maximum Gasteiger partial charge on any atom is 0.339 e. The van der Waals surface area contributed by atoms with Gasteiger partial charge in [0, 0.05) is 6.20 Å². The summed E-state index contributed by atoms with van der Waals surface area (Å²) in [6.45, 7) is 3.60. The number of rotatable bonds is 2. The van der Waals surface area contributed by atoms with Crippen LogP contribution in [-0.2, 0) is 0 Å². The Hall–Kier alpha value is -2.70. The Morgan fingerprint density at radius 3 is 2.79 bits per heavy atom. The van der Waals surface area contributed by atoms with Gasteiger partial charge in [-0.1, -0.05) is 0 Å². The Bertz CT molecular complexity index is 787. The Kier molecular flexibility index (Phi) is 2.34. The molecule has 0 fully saturated rings. The van der Waals surface area contributed by atoms with Crippen LogP contribution in [0.3, 0.4) is 0 Å². The number of aryl methyl sites for hydroxylation is 2. The zero-order valence-electron chi connectivity index (χ0n) is 10.4. The molecular weight excluding hydrogens is 246 g/mol. The highest BCUT2D eigenvalue weighted by molar-refractivity contribution is 5.88. The van der Waals surface area contributed by atoms with Gasteiger partial charge in [0.2, 0.25) is 0 Å². The minimum absolute atomic E-state index is 0.176. The minimum Gasteiger partial charge on any atom is -0.478 e. The topological polar surface area (TPSA) is 85.3 Å². The second kappa shape index (κ2) is 3.91. The van der Waals surface area contributed by atoms with Gasteiger partial charge in [-0.15, -0.1) is 0 Å². The third kappa shape index (κ3) is 1.75. The zero-order valence-corrected chi connectivity index (χ0v) is 10.4. The van der Waals surface area contributed by atoms with Gasteiger partial charge in [-0.05, 0) is 31.5 Å². The minimum atomic E-state index is -0.994. The molecule has 96 valence electrons. The SMILES string of the molecule is Cc1cc(-n2cc(C(=O)O)c(C)n2)n2ncnc2c1. The molecule has 19 heavy (non-hydrogen) atoms. The second-order valence-electron chi connectivity index (χ2n) is 4.30. The highest BCUT2D eigenvalue weighted by atomic mass is 16.4. The van der Waals surface area contributed by atoms with Crippen molar-refractivity contribution in [2.75, 3.05) is 0 Å². The summed E-state index contributed by atoms with van der Waals surface area (Å²) >= 11 is 0. The van der Waals surface area contributed by atoms with E-state index in [0.29, 0.717) is 17.2 Å². The van der Waals surface area contributed by atoms with Crippen molar-refractivity contribution >= 4 is 11.6 Å². The molecule has 0 aliphatic carbocycles. The van der Waals surface area contributed by atoms with E-state index in [4.69, 9.17) is 5.11 Å². The van der Waals surface area contributed by atoms with Crippen molar-refractivity contribution in [2.45, 2.75) is 13.8 Å². The standard InChI is InChI=1S/C12H11N5O2/c1-7-3-10-13-6-14-17(10)11(4-7)16-5-9(12(18)19)8(2)15-16/h3-6H,1-2H3,(H,18,19). The molecule has 0 unspecified atom stereocenters. The smallest absolute Gasteiger partial charge is 0.339 e. The molecule has 3 rings (SSSR count). The Balaban J connectivity index is 2.26. The number of hydrogen-bond acceptors (Lipinski definition) is 4. The third-order valence-electron chi connectivity index (χ3n) is 2.87. The van der Waals surface area contributed by atoms with Gasteiger partial charge in [-0.25, -0.2) is 14.5 Å². The second-order valence-corrected chi connectivity index (χ2v) is 4.30. The zero-order chi connectivity index (χ0) is 13.6. The van der Waals surface area contributed by atoms with Crippen LogP contribution < -0.4 is 0 Å². The number of carboxylic acid groups (broad SMARTS) is 1. The highest BCUT2D eigenvalue weighted by Gasteiger charge is 2.14. The molecule has 0 saturated carbocycles. The number of aromatic nitrogens is 5. The van der Waals surface area contributed by atoms with Crippen LogP contribution in [0.25, 0.3) is 11.5 Å². The van der Waals surface area contributed by atoms with Crippen LogP contribution in [0, 0.1) is 13.8 Å². The average molecular weight is 257 g/mol. The van der Waals surface area contributed by atoms with Gasteiger partial charge < -0.3 is 5.11 Å². The van der Waals surface area contributed by atoms with Crippen LogP contribution in [0.15, 0.2) is 24.7 Å². The number of hydrogen-bond donors (Lipinski definition) is 1. The van der Waals surface area contributed by atoms with Gasteiger partial charge >= 0.3 is 5.97 Å². The highest BCUT2D eigenvalue weighted by Crippen LogP contribution is 2.15. The quantitative estimate of drug-likeness (QED) is 0.746. The summed E-state index contributed by atoms with van der Waals surface area (Å²) in [5, 5.41) is 17.4. The average Bonchev–Trinajstić information content (AvgIpc) is 2.93. The Morgan fingerprint density at radius 1 is 1.32 bits per heavy atom. The number of pyridine rings is 1. The molecule has 7 nitrogen and oxygen atoms in total. The van der Waals surface area contributed by atoms with E-state index < -0.39 is 5.97 Å². The Labute approximate surface area is 108 Å². The summed E-state index contributed by atoms with van der Waals surface area (Å²) in [5.74, 6) is -0.339. The molecule has 3 heterocycles. The molecule has 7 heteroatoms. The molecule has 0 bridgehead atoms. The summed E-state index contributed by atoms with van der Waals surface area (Å²) in [4.78, 5) is 15.2. The molecule has 0 saturated heterocycles. The van der Waals surface area contributed by atoms with Gasteiger partial charge in [-0.3, -0.25) is 0 Å². The lowest BCUT2D eigenvalue weighted by Gasteiger charge is -2.05. The van der Waals surface area contributed by atoms with E-state index in [2.05, 4.69) is 15.2 Å². The fourth-order valence-corrected chi connectivity index (χ4v) is 1.99. The van der Waals surface area contributed by atoms with Gasteiger partial charge in [0.25, 0.3) is 0 Å². The van der Waals surface area contributed by atoms with Crippen LogP contribution in [-0.4, -0.2) is 35.5 Å². The van der Waals surface area contributed by atoms with Gasteiger partial charge in [0.05, 0.1) is 5.69 Å². The van der Waals surface area contributed by atoms with Gasteiger partial charge in [0.15, 0.2) is 11.5 Å². The first-order valence-corrected chi connectivity index (χ1v) is 5.66. The molecule has 0 atom stereocenters. The van der Waals surface area contributed by atoms with Crippen LogP contribution in [0.4, 0.5) is 0 Å². The molecule has 3 aromatic rings. The summed E-state index contributed by atoms with van der Waals surface area (Å²) in [6, 6.07) is 3.77. The molecular formula is C12H11N5O2. The van der Waals surface area contributed by atoms with E-state index in [0.717, 1.165) is 5.56 Å². The lowest BCUT2D eigenvalue weighted by molar-refractivity contribution is 0.0696. The molecule has 0 aliphatic heterocycles. The predicted octanol–water partition coefficient (Wildman–Crippen LogP) is 1.23. The van der Waals surface area contributed by atoms with E-state index in [1.54, 1.807) is 11.4 Å². The number of fused-ring (bicyclic) bond motifs is 1. The van der Waals surface area contributed by atoms with E-state index in [1.807, 2.05) is 19.1 Å². The lowest BCUT2D eigenvalue weighted by atomic mass is 10.3. The first-order chi connectivity index (χ1) is 9.06. The maximum atomic E-state index is 11.1. The number of carboxylic acids is 1. The van der Waals surface area contributed by atoms with Gasteiger partial charge in [-0.2, -0.15) is 14.7 Å². The predicted molar refractivity (Wildman–Crippen MR) is 66.5 cm³/mol. The summed E-state index contributed by atoms with van der Waals surface area (Å²) < 4.78 is 3.12. The molecule has 0 radical (unpaired) electrons. The van der Waals surface area contributed by atoms with Crippen molar-refractivity contribution in [3.8, 4) is 5.82 Å². The molecule has 0 spiro atoms. The van der Waals surface area contributed by atoms with Crippen LogP contribution in [0.2, 0.25) is 0 Å². The number of aromatic carboxylic acids is 1. The van der Waals surface area contributed by atoms with E-state index in [1.165, 1.54) is 17.2 Å². The molecule has 0 aliphatic rings. The monoisotopic (exact) mass is 257 g/mol. The summed E-state index contributed by atoms with van der Waals surface area (Å²) in [7, 11) is 0. The molecule has 0 amide bonds. The fourth-order valence-electron chi connectivity index (χ4n) is 1.99. The molecule has 3 aromatic heterocycles. The molecule has 0 aromatic carbocycles. The van der Waals surface area contributed by atoms with Crippen molar-refractivity contribution in [3.63, 3.8) is 0 Å². The van der Waals surface area contributed by atoms with E-state index in [9.17, 15) is 4.79 Å². The first-order valence-electron chi connectivity index (χ1n) is 5.66. The normalized spacial score (nSPS) is 11.1. The summed E-state index contributed by atoms with van der Waals surface area (Å²) in [6.07, 6.45) is 2.93. The largest absolute Gasteiger partial charge is 0.478 e. The van der Waals surface area contributed by atoms with Crippen LogP contribution in [0.1, 0.15) is 21.6 Å². The first kappa shape index (κ1) is 11.4. The van der Waals surface area contributed by atoms with Crippen molar-refractivity contribution in [2.24, 2.45) is 0 Å². The fraction of sp³-hybridized carbons (Fsp3) is 0.167. The van der Waals surface area contributed by atoms with Crippen LogP contribution in [0.5, 0.6) is 0 Å². The number of nitrogens with zero attached hydrogens (tertiary/aromatic N) is 5. The van der Waals surface area contributed by atoms with E-state index >= 15 is 0 Å². The van der Waals surface area contributed by atoms with Crippen molar-refractivity contribution in [3.05, 3.63) is 41.5 Å². The number of carbonyl (C=O) groups is 1. The third-order valence-corrected chi connectivity index (χ3v) is 2.87. The van der Waals surface area contributed by atoms with Crippen molar-refractivity contribution in [1.82, 2.24) is 24.4 Å². The summed E-state index contributed by atoms with van der Waals surface area (Å²) in [5.41, 5.74) is 2.33.